The van der Waals surface area contributed by atoms with E-state index in [9.17, 15) is 14.9 Å². The van der Waals surface area contributed by atoms with E-state index in [1.807, 2.05) is 6.92 Å². The van der Waals surface area contributed by atoms with Crippen molar-refractivity contribution < 1.29 is 14.5 Å². The van der Waals surface area contributed by atoms with Gasteiger partial charge in [0.05, 0.1) is 12.0 Å². The Balaban J connectivity index is 3.12. The van der Waals surface area contributed by atoms with Crippen molar-refractivity contribution in [3.8, 4) is 0 Å². The van der Waals surface area contributed by atoms with E-state index >= 15 is 0 Å². The Kier molecular flexibility index (Phi) is 4.67. The standard InChI is InChI=1S/C12H14ClNO4/c1-7-4-5-11(14(16)17)8(2)9(7)6-10(13)12(15)18-3/h4-5,10H,6H2,1-3H3. The number of hydrogen-bond acceptors (Lipinski definition) is 4. The molecule has 0 amide bonds. The zero-order valence-corrected chi connectivity index (χ0v) is 11.2. The lowest BCUT2D eigenvalue weighted by molar-refractivity contribution is -0.385. The number of nitrogens with zero attached hydrogens (tertiary/aromatic N) is 1. The van der Waals surface area contributed by atoms with Gasteiger partial charge >= 0.3 is 5.97 Å². The Morgan fingerprint density at radius 1 is 1.50 bits per heavy atom. The maximum Gasteiger partial charge on any atom is 0.324 e. The van der Waals surface area contributed by atoms with Gasteiger partial charge in [-0.25, -0.2) is 0 Å². The third-order valence-corrected chi connectivity index (χ3v) is 3.17. The minimum Gasteiger partial charge on any atom is -0.468 e. The van der Waals surface area contributed by atoms with Crippen molar-refractivity contribution in [1.29, 1.82) is 0 Å². The minimum absolute atomic E-state index is 0.0318. The van der Waals surface area contributed by atoms with Crippen molar-refractivity contribution in [3.63, 3.8) is 0 Å². The zero-order chi connectivity index (χ0) is 13.9. The summed E-state index contributed by atoms with van der Waals surface area (Å²) in [5.41, 5.74) is 2.15. The molecule has 1 aromatic rings. The van der Waals surface area contributed by atoms with Gasteiger partial charge in [0.15, 0.2) is 0 Å². The molecule has 6 heteroatoms. The summed E-state index contributed by atoms with van der Waals surface area (Å²) in [5.74, 6) is -0.540. The highest BCUT2D eigenvalue weighted by Crippen LogP contribution is 2.26. The second kappa shape index (κ2) is 5.82. The van der Waals surface area contributed by atoms with Gasteiger partial charge in [0, 0.05) is 18.1 Å². The number of methoxy groups -OCH3 is 1. The Bertz CT molecular complexity index is 487. The number of hydrogen-bond donors (Lipinski definition) is 0. The summed E-state index contributed by atoms with van der Waals surface area (Å²) in [6.45, 7) is 3.48. The number of nitro groups is 1. The monoisotopic (exact) mass is 271 g/mol. The molecule has 5 nitrogen and oxygen atoms in total. The topological polar surface area (TPSA) is 69.4 Å². The highest BCUT2D eigenvalue weighted by atomic mass is 35.5. The highest BCUT2D eigenvalue weighted by Gasteiger charge is 2.22. The van der Waals surface area contributed by atoms with E-state index in [4.69, 9.17) is 11.6 Å². The number of benzene rings is 1. The Morgan fingerprint density at radius 3 is 2.61 bits per heavy atom. The summed E-state index contributed by atoms with van der Waals surface area (Å²) >= 11 is 5.90. The summed E-state index contributed by atoms with van der Waals surface area (Å²) in [7, 11) is 1.25. The van der Waals surface area contributed by atoms with Crippen LogP contribution in [0.5, 0.6) is 0 Å². The van der Waals surface area contributed by atoms with Gasteiger partial charge in [0.25, 0.3) is 5.69 Å². The van der Waals surface area contributed by atoms with E-state index in [1.165, 1.54) is 13.2 Å². The molecule has 1 rings (SSSR count). The largest absolute Gasteiger partial charge is 0.468 e. The van der Waals surface area contributed by atoms with Gasteiger partial charge in [-0.2, -0.15) is 0 Å². The number of carbonyl (C=O) groups is 1. The number of halogens is 1. The van der Waals surface area contributed by atoms with Gasteiger partial charge in [0.1, 0.15) is 5.38 Å². The number of aryl methyl sites for hydroxylation is 1. The second-order valence-electron chi connectivity index (χ2n) is 3.96. The minimum atomic E-state index is -0.839. The first-order chi connectivity index (χ1) is 8.38. The third-order valence-electron chi connectivity index (χ3n) is 2.84. The van der Waals surface area contributed by atoms with E-state index in [1.54, 1.807) is 13.0 Å². The molecule has 1 aromatic carbocycles. The summed E-state index contributed by atoms with van der Waals surface area (Å²) in [6, 6.07) is 3.11. The Labute approximate surface area is 110 Å². The normalized spacial score (nSPS) is 12.0. The van der Waals surface area contributed by atoms with Crippen LogP contribution in [0.1, 0.15) is 16.7 Å². The molecule has 0 saturated heterocycles. The predicted molar refractivity (Wildman–Crippen MR) is 67.9 cm³/mol. The average molecular weight is 272 g/mol. The molecule has 0 saturated carbocycles. The van der Waals surface area contributed by atoms with Crippen LogP contribution in [0.3, 0.4) is 0 Å². The van der Waals surface area contributed by atoms with Gasteiger partial charge in [-0.15, -0.1) is 11.6 Å². The quantitative estimate of drug-likeness (QED) is 0.365. The van der Waals surface area contributed by atoms with Gasteiger partial charge < -0.3 is 4.74 Å². The fraction of sp³-hybridized carbons (Fsp3) is 0.417. The van der Waals surface area contributed by atoms with Crippen LogP contribution in [-0.2, 0) is 16.0 Å². The highest BCUT2D eigenvalue weighted by molar-refractivity contribution is 6.30. The van der Waals surface area contributed by atoms with Crippen LogP contribution in [0.2, 0.25) is 0 Å². The first kappa shape index (κ1) is 14.4. The predicted octanol–water partition coefficient (Wildman–Crippen LogP) is 2.53. The first-order valence-electron chi connectivity index (χ1n) is 5.33. The molecule has 0 aromatic heterocycles. The van der Waals surface area contributed by atoms with Crippen LogP contribution < -0.4 is 0 Å². The van der Waals surface area contributed by atoms with E-state index in [0.717, 1.165) is 11.1 Å². The number of rotatable bonds is 4. The lowest BCUT2D eigenvalue weighted by Gasteiger charge is -2.12. The SMILES string of the molecule is COC(=O)C(Cl)Cc1c(C)ccc([N+](=O)[O-])c1C. The third kappa shape index (κ3) is 2.98. The molecule has 1 atom stereocenters. The maximum atomic E-state index is 11.3. The van der Waals surface area contributed by atoms with Gasteiger partial charge in [0.2, 0.25) is 0 Å². The molecule has 0 bridgehead atoms. The average Bonchev–Trinajstić information content (AvgIpc) is 2.32. The smallest absolute Gasteiger partial charge is 0.324 e. The van der Waals surface area contributed by atoms with Crippen LogP contribution in [0.25, 0.3) is 0 Å². The van der Waals surface area contributed by atoms with Crippen molar-refractivity contribution in [2.75, 3.05) is 7.11 Å². The molecule has 0 spiro atoms. The molecule has 0 fully saturated rings. The lowest BCUT2D eigenvalue weighted by Crippen LogP contribution is -2.19. The number of esters is 1. The van der Waals surface area contributed by atoms with Gasteiger partial charge in [-0.3, -0.25) is 14.9 Å². The molecular weight excluding hydrogens is 258 g/mol. The lowest BCUT2D eigenvalue weighted by atomic mass is 9.97. The van der Waals surface area contributed by atoms with E-state index < -0.39 is 16.3 Å². The van der Waals surface area contributed by atoms with Gasteiger partial charge in [-0.1, -0.05) is 6.07 Å². The van der Waals surface area contributed by atoms with Crippen molar-refractivity contribution in [2.45, 2.75) is 25.6 Å². The molecule has 18 heavy (non-hydrogen) atoms. The molecule has 0 aliphatic rings. The molecule has 1 unspecified atom stereocenters. The van der Waals surface area contributed by atoms with Gasteiger partial charge in [-0.05, 0) is 25.0 Å². The van der Waals surface area contributed by atoms with Crippen LogP contribution >= 0.6 is 11.6 Å². The maximum absolute atomic E-state index is 11.3. The zero-order valence-electron chi connectivity index (χ0n) is 10.4. The summed E-state index contributed by atoms with van der Waals surface area (Å²) < 4.78 is 4.54. The molecular formula is C12H14ClNO4. The summed E-state index contributed by atoms with van der Waals surface area (Å²) in [5, 5.41) is 10.0. The van der Waals surface area contributed by atoms with E-state index in [-0.39, 0.29) is 12.1 Å². The molecule has 0 aliphatic carbocycles. The van der Waals surface area contributed by atoms with Crippen molar-refractivity contribution in [1.82, 2.24) is 0 Å². The van der Waals surface area contributed by atoms with Crippen molar-refractivity contribution in [3.05, 3.63) is 38.9 Å². The fourth-order valence-electron chi connectivity index (χ4n) is 1.78. The Morgan fingerprint density at radius 2 is 2.11 bits per heavy atom. The first-order valence-corrected chi connectivity index (χ1v) is 5.77. The number of ether oxygens (including phenoxy) is 1. The molecule has 0 heterocycles. The van der Waals surface area contributed by atoms with E-state index in [0.29, 0.717) is 5.56 Å². The molecule has 0 aliphatic heterocycles. The van der Waals surface area contributed by atoms with Crippen molar-refractivity contribution >= 4 is 23.3 Å². The summed E-state index contributed by atoms with van der Waals surface area (Å²) in [6.07, 6.45) is 0.216. The fourth-order valence-corrected chi connectivity index (χ4v) is 2.03. The van der Waals surface area contributed by atoms with Crippen LogP contribution in [-0.4, -0.2) is 23.4 Å². The van der Waals surface area contributed by atoms with E-state index in [2.05, 4.69) is 4.74 Å². The van der Waals surface area contributed by atoms with Crippen molar-refractivity contribution in [2.24, 2.45) is 0 Å². The number of alkyl halides is 1. The Hall–Kier alpha value is -1.62. The molecule has 98 valence electrons. The van der Waals surface area contributed by atoms with Crippen LogP contribution in [0.4, 0.5) is 5.69 Å². The number of nitro benzene ring substituents is 1. The summed E-state index contributed by atoms with van der Waals surface area (Å²) in [4.78, 5) is 21.7. The molecule has 0 radical (unpaired) electrons. The van der Waals surface area contributed by atoms with Crippen LogP contribution in [0, 0.1) is 24.0 Å². The van der Waals surface area contributed by atoms with Crippen LogP contribution in [0.15, 0.2) is 12.1 Å². The second-order valence-corrected chi connectivity index (χ2v) is 4.48. The molecule has 0 N–H and O–H groups in total. The number of carbonyl (C=O) groups excluding carboxylic acids is 1.